The topological polar surface area (TPSA) is 38.8 Å². The highest BCUT2D eigenvalue weighted by Crippen LogP contribution is 2.25. The fourth-order valence-electron chi connectivity index (χ4n) is 3.12. The minimum Gasteiger partial charge on any atom is -0.497 e. The first-order valence-corrected chi connectivity index (χ1v) is 8.04. The molecule has 2 rings (SSSR count). The molecule has 1 fully saturated rings. The van der Waals surface area contributed by atoms with Gasteiger partial charge in [-0.05, 0) is 42.4 Å². The number of piperidine rings is 1. The monoisotopic (exact) mass is 305 g/mol. The zero-order valence-electron chi connectivity index (χ0n) is 13.9. The van der Waals surface area contributed by atoms with E-state index >= 15 is 0 Å². The Balaban J connectivity index is 1.92. The third-order valence-corrected chi connectivity index (χ3v) is 4.42. The van der Waals surface area contributed by atoms with Crippen molar-refractivity contribution >= 4 is 5.91 Å². The van der Waals surface area contributed by atoms with E-state index in [1.54, 1.807) is 14.2 Å². The second-order valence-corrected chi connectivity index (χ2v) is 6.19. The van der Waals surface area contributed by atoms with E-state index in [0.29, 0.717) is 12.3 Å². The van der Waals surface area contributed by atoms with Gasteiger partial charge in [-0.3, -0.25) is 4.79 Å². The van der Waals surface area contributed by atoms with Gasteiger partial charge in [0, 0.05) is 26.6 Å². The Morgan fingerprint density at radius 1 is 1.41 bits per heavy atom. The molecule has 0 spiro atoms. The van der Waals surface area contributed by atoms with Crippen LogP contribution in [-0.4, -0.2) is 44.7 Å². The van der Waals surface area contributed by atoms with E-state index in [1.807, 2.05) is 23.1 Å². The first-order valence-electron chi connectivity index (χ1n) is 8.04. The van der Waals surface area contributed by atoms with Gasteiger partial charge in [0.2, 0.25) is 5.91 Å². The molecule has 1 aliphatic rings. The van der Waals surface area contributed by atoms with Crippen molar-refractivity contribution in [1.29, 1.82) is 0 Å². The Hall–Kier alpha value is -1.55. The van der Waals surface area contributed by atoms with Gasteiger partial charge in [-0.2, -0.15) is 0 Å². The normalized spacial score (nSPS) is 19.8. The molecule has 1 aromatic rings. The van der Waals surface area contributed by atoms with Crippen LogP contribution in [0, 0.1) is 5.92 Å². The Bertz CT molecular complexity index is 487. The van der Waals surface area contributed by atoms with Gasteiger partial charge < -0.3 is 14.4 Å². The SMILES string of the molecule is COC[C@@H]1CCCN(C(=O)C[C@@H](C)c2cccc(OC)c2)C1. The van der Waals surface area contributed by atoms with Crippen LogP contribution in [0.2, 0.25) is 0 Å². The molecule has 1 aromatic carbocycles. The second kappa shape index (κ2) is 8.18. The summed E-state index contributed by atoms with van der Waals surface area (Å²) in [5, 5.41) is 0. The Labute approximate surface area is 133 Å². The van der Waals surface area contributed by atoms with Crippen molar-refractivity contribution in [2.75, 3.05) is 33.9 Å². The lowest BCUT2D eigenvalue weighted by atomic mass is 9.95. The van der Waals surface area contributed by atoms with E-state index in [2.05, 4.69) is 13.0 Å². The van der Waals surface area contributed by atoms with Gasteiger partial charge in [0.05, 0.1) is 13.7 Å². The summed E-state index contributed by atoms with van der Waals surface area (Å²) in [5.41, 5.74) is 1.15. The smallest absolute Gasteiger partial charge is 0.223 e. The van der Waals surface area contributed by atoms with Crippen LogP contribution in [0.25, 0.3) is 0 Å². The highest BCUT2D eigenvalue weighted by molar-refractivity contribution is 5.77. The lowest BCUT2D eigenvalue weighted by molar-refractivity contribution is -0.133. The molecule has 0 bridgehead atoms. The number of hydrogen-bond donors (Lipinski definition) is 0. The van der Waals surface area contributed by atoms with Crippen molar-refractivity contribution in [3.63, 3.8) is 0 Å². The van der Waals surface area contributed by atoms with Crippen LogP contribution in [0.3, 0.4) is 0 Å². The maximum absolute atomic E-state index is 12.5. The number of ether oxygens (including phenoxy) is 2. The van der Waals surface area contributed by atoms with Crippen molar-refractivity contribution in [2.45, 2.75) is 32.1 Å². The number of methoxy groups -OCH3 is 2. The van der Waals surface area contributed by atoms with E-state index in [9.17, 15) is 4.79 Å². The number of hydrogen-bond acceptors (Lipinski definition) is 3. The zero-order chi connectivity index (χ0) is 15.9. The van der Waals surface area contributed by atoms with Gasteiger partial charge in [-0.25, -0.2) is 0 Å². The molecule has 0 saturated carbocycles. The van der Waals surface area contributed by atoms with Gasteiger partial charge in [0.1, 0.15) is 5.75 Å². The highest BCUT2D eigenvalue weighted by Gasteiger charge is 2.24. The minimum absolute atomic E-state index is 0.199. The quantitative estimate of drug-likeness (QED) is 0.811. The van der Waals surface area contributed by atoms with Crippen molar-refractivity contribution < 1.29 is 14.3 Å². The number of nitrogens with zero attached hydrogens (tertiary/aromatic N) is 1. The Morgan fingerprint density at radius 3 is 2.95 bits per heavy atom. The van der Waals surface area contributed by atoms with Gasteiger partial charge in [-0.15, -0.1) is 0 Å². The molecule has 0 aliphatic carbocycles. The Kier molecular flexibility index (Phi) is 6.25. The predicted molar refractivity (Wildman–Crippen MR) is 87.2 cm³/mol. The van der Waals surface area contributed by atoms with Crippen LogP contribution in [0.15, 0.2) is 24.3 Å². The average Bonchev–Trinajstić information content (AvgIpc) is 2.55. The second-order valence-electron chi connectivity index (χ2n) is 6.19. The number of benzene rings is 1. The molecular weight excluding hydrogens is 278 g/mol. The first-order chi connectivity index (χ1) is 10.6. The number of carbonyl (C=O) groups excluding carboxylic acids is 1. The van der Waals surface area contributed by atoms with E-state index in [0.717, 1.165) is 43.9 Å². The summed E-state index contributed by atoms with van der Waals surface area (Å²) >= 11 is 0. The maximum Gasteiger partial charge on any atom is 0.223 e. The third kappa shape index (κ3) is 4.47. The highest BCUT2D eigenvalue weighted by atomic mass is 16.5. The summed E-state index contributed by atoms with van der Waals surface area (Å²) in [4.78, 5) is 14.5. The molecule has 0 unspecified atom stereocenters. The molecule has 122 valence electrons. The van der Waals surface area contributed by atoms with Gasteiger partial charge in [-0.1, -0.05) is 19.1 Å². The standard InChI is InChI=1S/C18H27NO3/c1-14(16-7-4-8-17(11-16)22-3)10-18(20)19-9-5-6-15(12-19)13-21-2/h4,7-8,11,14-15H,5-6,9-10,12-13H2,1-3H3/t14-,15-/m1/s1. The Morgan fingerprint density at radius 2 is 2.23 bits per heavy atom. The summed E-state index contributed by atoms with van der Waals surface area (Å²) in [7, 11) is 3.39. The van der Waals surface area contributed by atoms with Crippen LogP contribution in [0.4, 0.5) is 0 Å². The molecule has 0 N–H and O–H groups in total. The number of amides is 1. The van der Waals surface area contributed by atoms with E-state index in [1.165, 1.54) is 0 Å². The summed E-state index contributed by atoms with van der Waals surface area (Å²) in [6, 6.07) is 7.98. The molecule has 1 heterocycles. The molecule has 1 aliphatic heterocycles. The lowest BCUT2D eigenvalue weighted by Crippen LogP contribution is -2.41. The van der Waals surface area contributed by atoms with Crippen LogP contribution in [0.5, 0.6) is 5.75 Å². The molecule has 22 heavy (non-hydrogen) atoms. The van der Waals surface area contributed by atoms with E-state index in [-0.39, 0.29) is 11.8 Å². The van der Waals surface area contributed by atoms with Crippen molar-refractivity contribution in [2.24, 2.45) is 5.92 Å². The fraction of sp³-hybridized carbons (Fsp3) is 0.611. The number of rotatable bonds is 6. The summed E-state index contributed by atoms with van der Waals surface area (Å²) in [5.74, 6) is 1.77. The van der Waals surface area contributed by atoms with Gasteiger partial charge in [0.15, 0.2) is 0 Å². The molecule has 1 amide bonds. The minimum atomic E-state index is 0.199. The van der Waals surface area contributed by atoms with Gasteiger partial charge in [0.25, 0.3) is 0 Å². The van der Waals surface area contributed by atoms with Crippen LogP contribution >= 0.6 is 0 Å². The predicted octanol–water partition coefficient (Wildman–Crippen LogP) is 3.07. The largest absolute Gasteiger partial charge is 0.497 e. The molecule has 0 radical (unpaired) electrons. The van der Waals surface area contributed by atoms with E-state index < -0.39 is 0 Å². The molecule has 4 nitrogen and oxygen atoms in total. The van der Waals surface area contributed by atoms with Crippen molar-refractivity contribution in [3.05, 3.63) is 29.8 Å². The summed E-state index contributed by atoms with van der Waals surface area (Å²) in [6.45, 7) is 4.56. The zero-order valence-corrected chi connectivity index (χ0v) is 13.9. The van der Waals surface area contributed by atoms with Crippen LogP contribution in [-0.2, 0) is 9.53 Å². The first kappa shape index (κ1) is 16.8. The molecule has 0 aromatic heterocycles. The molecule has 2 atom stereocenters. The fourth-order valence-corrected chi connectivity index (χ4v) is 3.12. The van der Waals surface area contributed by atoms with Crippen LogP contribution < -0.4 is 4.74 Å². The summed E-state index contributed by atoms with van der Waals surface area (Å²) < 4.78 is 10.5. The molecule has 4 heteroatoms. The van der Waals surface area contributed by atoms with Crippen LogP contribution in [0.1, 0.15) is 37.7 Å². The average molecular weight is 305 g/mol. The number of carbonyl (C=O) groups is 1. The third-order valence-electron chi connectivity index (χ3n) is 4.42. The van der Waals surface area contributed by atoms with Crippen molar-refractivity contribution in [1.82, 2.24) is 4.90 Å². The summed E-state index contributed by atoms with van der Waals surface area (Å²) in [6.07, 6.45) is 2.78. The van der Waals surface area contributed by atoms with Crippen molar-refractivity contribution in [3.8, 4) is 5.75 Å². The van der Waals surface area contributed by atoms with E-state index in [4.69, 9.17) is 9.47 Å². The number of likely N-dealkylation sites (tertiary alicyclic amines) is 1. The maximum atomic E-state index is 12.5. The molecular formula is C18H27NO3. The lowest BCUT2D eigenvalue weighted by Gasteiger charge is -2.33. The van der Waals surface area contributed by atoms with Gasteiger partial charge >= 0.3 is 0 Å². The molecule has 1 saturated heterocycles.